The summed E-state index contributed by atoms with van der Waals surface area (Å²) in [7, 11) is 1.81. The van der Waals surface area contributed by atoms with E-state index in [1.807, 2.05) is 11.9 Å². The van der Waals surface area contributed by atoms with Crippen molar-refractivity contribution >= 4 is 29.5 Å². The van der Waals surface area contributed by atoms with Gasteiger partial charge in [0.1, 0.15) is 0 Å². The first-order valence-corrected chi connectivity index (χ1v) is 9.80. The van der Waals surface area contributed by atoms with Crippen molar-refractivity contribution in [2.75, 3.05) is 51.3 Å². The summed E-state index contributed by atoms with van der Waals surface area (Å²) in [6.45, 7) is 3.21. The van der Waals surface area contributed by atoms with E-state index in [9.17, 15) is 14.4 Å². The summed E-state index contributed by atoms with van der Waals surface area (Å²) in [5.74, 6) is 0.706. The molecule has 136 valence electrons. The van der Waals surface area contributed by atoms with Gasteiger partial charge in [0, 0.05) is 39.3 Å². The molecule has 1 aliphatic heterocycles. The third-order valence-electron chi connectivity index (χ3n) is 4.47. The maximum Gasteiger partial charge on any atom is 0.236 e. The van der Waals surface area contributed by atoms with Crippen molar-refractivity contribution in [2.24, 2.45) is 0 Å². The van der Waals surface area contributed by atoms with Crippen LogP contribution >= 0.6 is 11.8 Å². The highest BCUT2D eigenvalue weighted by Crippen LogP contribution is 2.17. The molecular weight excluding hydrogens is 328 g/mol. The molecule has 0 unspecified atom stereocenters. The van der Waals surface area contributed by atoms with Crippen LogP contribution in [0.2, 0.25) is 0 Å². The fourth-order valence-electron chi connectivity index (χ4n) is 2.98. The number of hydrogen-bond donors (Lipinski definition) is 2. The quantitative estimate of drug-likeness (QED) is 0.622. The number of rotatable bonds is 8. The number of thioether (sulfide) groups is 1. The Morgan fingerprint density at radius 3 is 2.58 bits per heavy atom. The number of nitrogens with zero attached hydrogens (tertiary/aromatic N) is 2. The van der Waals surface area contributed by atoms with Gasteiger partial charge in [0.15, 0.2) is 0 Å². The van der Waals surface area contributed by atoms with Crippen LogP contribution in [0.1, 0.15) is 25.7 Å². The van der Waals surface area contributed by atoms with Crippen LogP contribution in [0.3, 0.4) is 0 Å². The lowest BCUT2D eigenvalue weighted by molar-refractivity contribution is -0.134. The monoisotopic (exact) mass is 356 g/mol. The third-order valence-corrected chi connectivity index (χ3v) is 5.41. The zero-order valence-electron chi connectivity index (χ0n) is 14.4. The maximum absolute atomic E-state index is 11.8. The molecule has 8 heteroatoms. The van der Waals surface area contributed by atoms with Crippen LogP contribution in [-0.4, -0.2) is 84.8 Å². The number of carbonyl (C=O) groups is 3. The summed E-state index contributed by atoms with van der Waals surface area (Å²) < 4.78 is 0. The number of hydrogen-bond acceptors (Lipinski definition) is 5. The predicted molar refractivity (Wildman–Crippen MR) is 94.8 cm³/mol. The predicted octanol–water partition coefficient (Wildman–Crippen LogP) is -0.331. The van der Waals surface area contributed by atoms with Gasteiger partial charge in [-0.1, -0.05) is 12.8 Å². The van der Waals surface area contributed by atoms with Gasteiger partial charge in [0.05, 0.1) is 18.1 Å². The average molecular weight is 356 g/mol. The number of carbonyl (C=O) groups excluding carboxylic acids is 3. The normalized spacial score (nSPS) is 19.5. The number of amides is 3. The molecule has 0 bridgehead atoms. The van der Waals surface area contributed by atoms with Crippen LogP contribution in [-0.2, 0) is 14.4 Å². The van der Waals surface area contributed by atoms with Crippen molar-refractivity contribution in [1.82, 2.24) is 20.4 Å². The molecule has 1 saturated carbocycles. The molecule has 2 N–H and O–H groups in total. The van der Waals surface area contributed by atoms with E-state index in [4.69, 9.17) is 0 Å². The SMILES string of the molecule is CN1CCN(CCNC(=O)CSCC(=O)NC2CCCC2)CC1=O. The van der Waals surface area contributed by atoms with Gasteiger partial charge >= 0.3 is 0 Å². The zero-order chi connectivity index (χ0) is 17.4. The van der Waals surface area contributed by atoms with Gasteiger partial charge in [-0.25, -0.2) is 0 Å². The summed E-state index contributed by atoms with van der Waals surface area (Å²) in [5, 5.41) is 5.86. The molecule has 2 aliphatic rings. The molecule has 1 heterocycles. The summed E-state index contributed by atoms with van der Waals surface area (Å²) in [6, 6.07) is 0.332. The van der Waals surface area contributed by atoms with E-state index in [0.717, 1.165) is 25.9 Å². The van der Waals surface area contributed by atoms with Crippen LogP contribution in [0.15, 0.2) is 0 Å². The lowest BCUT2D eigenvalue weighted by atomic mass is 10.2. The average Bonchev–Trinajstić information content (AvgIpc) is 3.03. The van der Waals surface area contributed by atoms with E-state index >= 15 is 0 Å². The molecule has 0 aromatic heterocycles. The Labute approximate surface area is 147 Å². The maximum atomic E-state index is 11.8. The van der Waals surface area contributed by atoms with Crippen molar-refractivity contribution in [1.29, 1.82) is 0 Å². The second-order valence-electron chi connectivity index (χ2n) is 6.48. The highest BCUT2D eigenvalue weighted by Gasteiger charge is 2.20. The van der Waals surface area contributed by atoms with Crippen LogP contribution < -0.4 is 10.6 Å². The van der Waals surface area contributed by atoms with E-state index in [-0.39, 0.29) is 17.7 Å². The first-order valence-electron chi connectivity index (χ1n) is 8.64. The van der Waals surface area contributed by atoms with Gasteiger partial charge in [-0.3, -0.25) is 19.3 Å². The zero-order valence-corrected chi connectivity index (χ0v) is 15.2. The molecule has 2 fully saturated rings. The van der Waals surface area contributed by atoms with Crippen molar-refractivity contribution in [3.05, 3.63) is 0 Å². The summed E-state index contributed by atoms with van der Waals surface area (Å²) in [5.41, 5.74) is 0. The summed E-state index contributed by atoms with van der Waals surface area (Å²) >= 11 is 1.34. The van der Waals surface area contributed by atoms with E-state index < -0.39 is 0 Å². The van der Waals surface area contributed by atoms with Gasteiger partial charge in [0.25, 0.3) is 0 Å². The van der Waals surface area contributed by atoms with Gasteiger partial charge in [-0.15, -0.1) is 11.8 Å². The summed E-state index contributed by atoms with van der Waals surface area (Å²) in [4.78, 5) is 38.9. The van der Waals surface area contributed by atoms with Crippen LogP contribution in [0.25, 0.3) is 0 Å². The van der Waals surface area contributed by atoms with Crippen LogP contribution in [0.4, 0.5) is 0 Å². The fourth-order valence-corrected chi connectivity index (χ4v) is 3.64. The molecule has 0 aromatic rings. The van der Waals surface area contributed by atoms with E-state index in [2.05, 4.69) is 10.6 Å². The van der Waals surface area contributed by atoms with Crippen molar-refractivity contribution in [3.8, 4) is 0 Å². The molecule has 7 nitrogen and oxygen atoms in total. The molecule has 1 aliphatic carbocycles. The molecule has 0 atom stereocenters. The third kappa shape index (κ3) is 6.68. The van der Waals surface area contributed by atoms with E-state index in [1.165, 1.54) is 24.6 Å². The van der Waals surface area contributed by atoms with E-state index in [0.29, 0.717) is 37.2 Å². The van der Waals surface area contributed by atoms with Crippen molar-refractivity contribution in [2.45, 2.75) is 31.7 Å². The van der Waals surface area contributed by atoms with E-state index in [1.54, 1.807) is 4.90 Å². The van der Waals surface area contributed by atoms with Gasteiger partial charge in [-0.05, 0) is 12.8 Å². The Morgan fingerprint density at radius 1 is 1.17 bits per heavy atom. The minimum atomic E-state index is -0.0610. The minimum absolute atomic E-state index is 0.0237. The first-order chi connectivity index (χ1) is 11.5. The Hall–Kier alpha value is -1.28. The number of piperazine rings is 1. The van der Waals surface area contributed by atoms with Gasteiger partial charge in [-0.2, -0.15) is 0 Å². The Bertz CT molecular complexity index is 455. The Kier molecular flexibility index (Phi) is 7.84. The summed E-state index contributed by atoms with van der Waals surface area (Å²) in [6.07, 6.45) is 4.54. The Morgan fingerprint density at radius 2 is 1.88 bits per heavy atom. The van der Waals surface area contributed by atoms with Gasteiger partial charge in [0.2, 0.25) is 17.7 Å². The fraction of sp³-hybridized carbons (Fsp3) is 0.812. The highest BCUT2D eigenvalue weighted by molar-refractivity contribution is 8.00. The van der Waals surface area contributed by atoms with Crippen LogP contribution in [0.5, 0.6) is 0 Å². The van der Waals surface area contributed by atoms with Crippen LogP contribution in [0, 0.1) is 0 Å². The lowest BCUT2D eigenvalue weighted by Gasteiger charge is -2.31. The van der Waals surface area contributed by atoms with Crippen molar-refractivity contribution < 1.29 is 14.4 Å². The molecule has 0 aromatic carbocycles. The lowest BCUT2D eigenvalue weighted by Crippen LogP contribution is -2.50. The second kappa shape index (κ2) is 9.88. The minimum Gasteiger partial charge on any atom is -0.354 e. The molecule has 24 heavy (non-hydrogen) atoms. The molecular formula is C16H28N4O3S. The van der Waals surface area contributed by atoms with Crippen molar-refractivity contribution in [3.63, 3.8) is 0 Å². The first kappa shape index (κ1) is 19.1. The second-order valence-corrected chi connectivity index (χ2v) is 7.47. The van der Waals surface area contributed by atoms with Gasteiger partial charge < -0.3 is 15.5 Å². The molecule has 0 radical (unpaired) electrons. The molecule has 0 spiro atoms. The number of likely N-dealkylation sites (N-methyl/N-ethyl adjacent to an activating group) is 1. The molecule has 1 saturated heterocycles. The Balaban J connectivity index is 1.49. The molecule has 2 rings (SSSR count). The molecule has 3 amide bonds. The topological polar surface area (TPSA) is 81.8 Å². The largest absolute Gasteiger partial charge is 0.354 e. The highest BCUT2D eigenvalue weighted by atomic mass is 32.2. The standard InChI is InChI=1S/C16H28N4O3S/c1-19-8-9-20(10-16(19)23)7-6-17-14(21)11-24-12-15(22)18-13-4-2-3-5-13/h13H,2-12H2,1H3,(H,17,21)(H,18,22). The number of nitrogens with one attached hydrogen (secondary N) is 2. The smallest absolute Gasteiger partial charge is 0.236 e.